The van der Waals surface area contributed by atoms with Crippen molar-refractivity contribution in [1.29, 1.82) is 0 Å². The van der Waals surface area contributed by atoms with E-state index in [1.807, 2.05) is 30.3 Å². The summed E-state index contributed by atoms with van der Waals surface area (Å²) in [4.78, 5) is 25.1. The molecule has 0 atom stereocenters. The second-order valence-corrected chi connectivity index (χ2v) is 4.87. The number of carbonyl (C=O) groups is 2. The Morgan fingerprint density at radius 1 is 1.25 bits per heavy atom. The molecule has 1 saturated heterocycles. The highest BCUT2D eigenvalue weighted by Crippen LogP contribution is 2.14. The molecule has 1 aromatic rings. The van der Waals surface area contributed by atoms with Gasteiger partial charge in [0.15, 0.2) is 0 Å². The predicted molar refractivity (Wildman–Crippen MR) is 77.3 cm³/mol. The normalized spacial score (nSPS) is 15.6. The lowest BCUT2D eigenvalue weighted by atomic mass is 10.1. The van der Waals surface area contributed by atoms with Crippen molar-refractivity contribution < 1.29 is 9.59 Å². The van der Waals surface area contributed by atoms with E-state index in [2.05, 4.69) is 10.6 Å². The summed E-state index contributed by atoms with van der Waals surface area (Å²) in [7, 11) is 0. The number of carbonyl (C=O) groups excluding carboxylic acids is 2. The fourth-order valence-corrected chi connectivity index (χ4v) is 2.37. The molecule has 1 aliphatic heterocycles. The first-order valence-corrected chi connectivity index (χ1v) is 6.78. The monoisotopic (exact) mass is 276 g/mol. The molecular weight excluding hydrogens is 256 g/mol. The van der Waals surface area contributed by atoms with Crippen LogP contribution < -0.4 is 16.4 Å². The van der Waals surface area contributed by atoms with E-state index in [0.717, 1.165) is 25.9 Å². The summed E-state index contributed by atoms with van der Waals surface area (Å²) in [6.07, 6.45) is 1.66. The molecule has 1 heterocycles. The Bertz CT molecular complexity index is 458. The minimum atomic E-state index is -0.494. The fraction of sp³-hybridized carbons (Fsp3) is 0.429. The zero-order chi connectivity index (χ0) is 14.4. The maximum absolute atomic E-state index is 12.3. The van der Waals surface area contributed by atoms with Crippen LogP contribution in [0, 0.1) is 0 Å². The number of anilines is 1. The molecular formula is C14H20N4O2. The van der Waals surface area contributed by atoms with Crippen molar-refractivity contribution in [2.24, 2.45) is 5.73 Å². The quantitative estimate of drug-likeness (QED) is 0.758. The molecule has 0 aliphatic carbocycles. The standard InChI is InChI=1S/C14H20N4O2/c15-13(19)10-18(12-6-8-16-9-7-12)14(20)17-11-4-2-1-3-5-11/h1-5,12,16H,6-10H2,(H2,15,19)(H,17,20). The van der Waals surface area contributed by atoms with Crippen molar-refractivity contribution in [3.8, 4) is 0 Å². The average Bonchev–Trinajstić information content (AvgIpc) is 2.46. The minimum Gasteiger partial charge on any atom is -0.368 e. The summed E-state index contributed by atoms with van der Waals surface area (Å²) in [6, 6.07) is 8.96. The summed E-state index contributed by atoms with van der Waals surface area (Å²) in [6.45, 7) is 1.64. The third-order valence-electron chi connectivity index (χ3n) is 3.36. The lowest BCUT2D eigenvalue weighted by Crippen LogP contribution is -2.50. The van der Waals surface area contributed by atoms with Crippen molar-refractivity contribution in [2.75, 3.05) is 25.0 Å². The van der Waals surface area contributed by atoms with Gasteiger partial charge in [-0.05, 0) is 38.1 Å². The first kappa shape index (κ1) is 14.3. The van der Waals surface area contributed by atoms with Gasteiger partial charge in [-0.2, -0.15) is 0 Å². The molecule has 2 rings (SSSR count). The van der Waals surface area contributed by atoms with Crippen molar-refractivity contribution in [1.82, 2.24) is 10.2 Å². The molecule has 0 aromatic heterocycles. The molecule has 0 saturated carbocycles. The van der Waals surface area contributed by atoms with Gasteiger partial charge in [0.05, 0.1) is 0 Å². The van der Waals surface area contributed by atoms with Crippen molar-refractivity contribution in [3.05, 3.63) is 30.3 Å². The number of piperidine rings is 1. The molecule has 0 unspecified atom stereocenters. The van der Waals surface area contributed by atoms with Gasteiger partial charge in [-0.3, -0.25) is 4.79 Å². The Labute approximate surface area is 118 Å². The van der Waals surface area contributed by atoms with Gasteiger partial charge in [-0.15, -0.1) is 0 Å². The zero-order valence-electron chi connectivity index (χ0n) is 11.3. The Hall–Kier alpha value is -2.08. The molecule has 1 aromatic carbocycles. The van der Waals surface area contributed by atoms with E-state index >= 15 is 0 Å². The molecule has 0 bridgehead atoms. The number of hydrogen-bond donors (Lipinski definition) is 3. The zero-order valence-corrected chi connectivity index (χ0v) is 11.3. The Morgan fingerprint density at radius 2 is 1.90 bits per heavy atom. The largest absolute Gasteiger partial charge is 0.368 e. The number of nitrogens with two attached hydrogens (primary N) is 1. The molecule has 20 heavy (non-hydrogen) atoms. The number of hydrogen-bond acceptors (Lipinski definition) is 3. The van der Waals surface area contributed by atoms with E-state index in [1.165, 1.54) is 4.90 Å². The highest BCUT2D eigenvalue weighted by molar-refractivity contribution is 5.92. The van der Waals surface area contributed by atoms with Gasteiger partial charge in [0.1, 0.15) is 6.54 Å². The van der Waals surface area contributed by atoms with Crippen LogP contribution in [0.3, 0.4) is 0 Å². The number of para-hydroxylation sites is 1. The molecule has 0 spiro atoms. The molecule has 3 amide bonds. The number of nitrogens with zero attached hydrogens (tertiary/aromatic N) is 1. The van der Waals surface area contributed by atoms with Gasteiger partial charge in [-0.1, -0.05) is 18.2 Å². The van der Waals surface area contributed by atoms with Gasteiger partial charge in [-0.25, -0.2) is 4.79 Å². The Balaban J connectivity index is 2.05. The molecule has 4 N–H and O–H groups in total. The van der Waals surface area contributed by atoms with E-state index in [-0.39, 0.29) is 18.6 Å². The lowest BCUT2D eigenvalue weighted by Gasteiger charge is -2.33. The molecule has 6 nitrogen and oxygen atoms in total. The molecule has 1 fully saturated rings. The Kier molecular flexibility index (Phi) is 4.95. The van der Waals surface area contributed by atoms with Crippen molar-refractivity contribution in [2.45, 2.75) is 18.9 Å². The van der Waals surface area contributed by atoms with Gasteiger partial charge in [0.2, 0.25) is 5.91 Å². The topological polar surface area (TPSA) is 87.5 Å². The number of benzene rings is 1. The third kappa shape index (κ3) is 3.96. The molecule has 6 heteroatoms. The van der Waals surface area contributed by atoms with Crippen molar-refractivity contribution >= 4 is 17.6 Å². The van der Waals surface area contributed by atoms with Crippen LogP contribution in [-0.4, -0.2) is 42.5 Å². The first-order valence-electron chi connectivity index (χ1n) is 6.78. The van der Waals surface area contributed by atoms with E-state index in [1.54, 1.807) is 0 Å². The van der Waals surface area contributed by atoms with Gasteiger partial charge < -0.3 is 21.3 Å². The summed E-state index contributed by atoms with van der Waals surface area (Å²) >= 11 is 0. The lowest BCUT2D eigenvalue weighted by molar-refractivity contribution is -0.119. The second-order valence-electron chi connectivity index (χ2n) is 4.87. The van der Waals surface area contributed by atoms with E-state index in [9.17, 15) is 9.59 Å². The summed E-state index contributed by atoms with van der Waals surface area (Å²) in [5.74, 6) is -0.494. The fourth-order valence-electron chi connectivity index (χ4n) is 2.37. The summed E-state index contributed by atoms with van der Waals surface area (Å²) in [5, 5.41) is 6.04. The maximum atomic E-state index is 12.3. The summed E-state index contributed by atoms with van der Waals surface area (Å²) < 4.78 is 0. The van der Waals surface area contributed by atoms with Gasteiger partial charge in [0, 0.05) is 11.7 Å². The number of primary amides is 1. The van der Waals surface area contributed by atoms with Crippen molar-refractivity contribution in [3.63, 3.8) is 0 Å². The second kappa shape index (κ2) is 6.91. The molecule has 0 radical (unpaired) electrons. The number of amides is 3. The van der Waals surface area contributed by atoms with Crippen LogP contribution in [-0.2, 0) is 4.79 Å². The minimum absolute atomic E-state index is 0.0486. The number of urea groups is 1. The highest BCUT2D eigenvalue weighted by Gasteiger charge is 2.26. The van der Waals surface area contributed by atoms with Crippen LogP contribution in [0.4, 0.5) is 10.5 Å². The summed E-state index contributed by atoms with van der Waals surface area (Å²) in [5.41, 5.74) is 5.96. The van der Waals surface area contributed by atoms with Crippen LogP contribution in [0.5, 0.6) is 0 Å². The average molecular weight is 276 g/mol. The van der Waals surface area contributed by atoms with E-state index in [0.29, 0.717) is 5.69 Å². The SMILES string of the molecule is NC(=O)CN(C(=O)Nc1ccccc1)C1CCNCC1. The van der Waals surface area contributed by atoms with Crippen LogP contribution in [0.15, 0.2) is 30.3 Å². The Morgan fingerprint density at radius 3 is 2.50 bits per heavy atom. The highest BCUT2D eigenvalue weighted by atomic mass is 16.2. The third-order valence-corrected chi connectivity index (χ3v) is 3.36. The van der Waals surface area contributed by atoms with Gasteiger partial charge >= 0.3 is 6.03 Å². The van der Waals surface area contributed by atoms with Gasteiger partial charge in [0.25, 0.3) is 0 Å². The predicted octanol–water partition coefficient (Wildman–Crippen LogP) is 0.758. The van der Waals surface area contributed by atoms with Crippen LogP contribution >= 0.6 is 0 Å². The van der Waals surface area contributed by atoms with Crippen LogP contribution in [0.1, 0.15) is 12.8 Å². The van der Waals surface area contributed by atoms with Crippen LogP contribution in [0.25, 0.3) is 0 Å². The smallest absolute Gasteiger partial charge is 0.322 e. The maximum Gasteiger partial charge on any atom is 0.322 e. The molecule has 108 valence electrons. The van der Waals surface area contributed by atoms with E-state index in [4.69, 9.17) is 5.73 Å². The van der Waals surface area contributed by atoms with Crippen LogP contribution in [0.2, 0.25) is 0 Å². The van der Waals surface area contributed by atoms with E-state index < -0.39 is 5.91 Å². The molecule has 1 aliphatic rings. The number of nitrogens with one attached hydrogen (secondary N) is 2. The first-order chi connectivity index (χ1) is 9.66. The number of rotatable bonds is 4.